The molecule has 1 aromatic heterocycles. The predicted molar refractivity (Wildman–Crippen MR) is 64.0 cm³/mol. The first-order valence-electron chi connectivity index (χ1n) is 5.45. The Kier molecular flexibility index (Phi) is 3.23. The molecule has 0 bridgehead atoms. The first-order valence-corrected chi connectivity index (χ1v) is 5.45. The number of carbonyl (C=O) groups excluding carboxylic acids is 1. The summed E-state index contributed by atoms with van der Waals surface area (Å²) in [6.45, 7) is 0. The Balaban J connectivity index is 2.01. The van der Waals surface area contributed by atoms with Gasteiger partial charge in [-0.25, -0.2) is 0 Å². The Morgan fingerprint density at radius 2 is 2.18 bits per heavy atom. The Hall–Kier alpha value is -2.10. The van der Waals surface area contributed by atoms with Crippen LogP contribution in [0.25, 0.3) is 0 Å². The maximum atomic E-state index is 11.9. The molecule has 0 aliphatic rings. The van der Waals surface area contributed by atoms with Crippen molar-refractivity contribution in [2.45, 2.75) is 12.8 Å². The smallest absolute Gasteiger partial charge is 0.166 e. The number of hydrogen-bond donors (Lipinski definition) is 1. The van der Waals surface area contributed by atoms with Gasteiger partial charge in [-0.3, -0.25) is 9.48 Å². The van der Waals surface area contributed by atoms with E-state index in [2.05, 4.69) is 5.10 Å². The molecule has 4 nitrogen and oxygen atoms in total. The minimum atomic E-state index is -0.0491. The van der Waals surface area contributed by atoms with Gasteiger partial charge in [-0.15, -0.1) is 0 Å². The molecule has 0 aliphatic heterocycles. The van der Waals surface area contributed by atoms with Crippen molar-refractivity contribution < 1.29 is 9.90 Å². The van der Waals surface area contributed by atoms with Crippen LogP contribution in [0.3, 0.4) is 0 Å². The first-order chi connectivity index (χ1) is 8.16. The van der Waals surface area contributed by atoms with E-state index in [-0.39, 0.29) is 11.5 Å². The summed E-state index contributed by atoms with van der Waals surface area (Å²) in [6.07, 6.45) is 4.65. The quantitative estimate of drug-likeness (QED) is 0.817. The number of Topliss-reactive ketones (excluding diaryl/α,β-unsaturated/α-hetero) is 1. The number of ketones is 1. The normalized spacial score (nSPS) is 10.4. The summed E-state index contributed by atoms with van der Waals surface area (Å²) in [4.78, 5) is 11.9. The van der Waals surface area contributed by atoms with E-state index >= 15 is 0 Å². The third kappa shape index (κ3) is 2.72. The molecule has 17 heavy (non-hydrogen) atoms. The van der Waals surface area contributed by atoms with Gasteiger partial charge in [0.1, 0.15) is 5.75 Å². The molecule has 1 aromatic carbocycles. The highest BCUT2D eigenvalue weighted by atomic mass is 16.3. The Bertz CT molecular complexity index is 532. The molecule has 0 saturated carbocycles. The van der Waals surface area contributed by atoms with E-state index in [4.69, 9.17) is 0 Å². The molecule has 1 N–H and O–H groups in total. The second-order valence-electron chi connectivity index (χ2n) is 3.96. The molecule has 0 spiro atoms. The number of rotatable bonds is 4. The van der Waals surface area contributed by atoms with Gasteiger partial charge in [0, 0.05) is 19.7 Å². The second-order valence-corrected chi connectivity index (χ2v) is 3.96. The predicted octanol–water partition coefficient (Wildman–Crippen LogP) is 1.94. The van der Waals surface area contributed by atoms with Crippen LogP contribution in [0.15, 0.2) is 36.7 Å². The molecule has 0 amide bonds. The van der Waals surface area contributed by atoms with Crippen LogP contribution in [0.4, 0.5) is 0 Å². The van der Waals surface area contributed by atoms with Crippen LogP contribution >= 0.6 is 0 Å². The molecule has 0 fully saturated rings. The summed E-state index contributed by atoms with van der Waals surface area (Å²) >= 11 is 0. The van der Waals surface area contributed by atoms with Crippen molar-refractivity contribution in [2.24, 2.45) is 7.05 Å². The van der Waals surface area contributed by atoms with Crippen molar-refractivity contribution in [2.75, 3.05) is 0 Å². The van der Waals surface area contributed by atoms with E-state index in [9.17, 15) is 9.90 Å². The fourth-order valence-corrected chi connectivity index (χ4v) is 1.70. The third-order valence-corrected chi connectivity index (χ3v) is 2.60. The largest absolute Gasteiger partial charge is 0.507 e. The molecule has 88 valence electrons. The molecule has 0 radical (unpaired) electrons. The highest BCUT2D eigenvalue weighted by molar-refractivity contribution is 5.98. The summed E-state index contributed by atoms with van der Waals surface area (Å²) in [6, 6.07) is 6.61. The van der Waals surface area contributed by atoms with E-state index in [1.165, 1.54) is 6.07 Å². The summed E-state index contributed by atoms with van der Waals surface area (Å²) in [7, 11) is 1.84. The lowest BCUT2D eigenvalue weighted by Gasteiger charge is -2.02. The van der Waals surface area contributed by atoms with Gasteiger partial charge in [-0.2, -0.15) is 5.10 Å². The minimum absolute atomic E-state index is 0.0451. The lowest BCUT2D eigenvalue weighted by atomic mass is 10.0. The zero-order valence-corrected chi connectivity index (χ0v) is 9.63. The van der Waals surface area contributed by atoms with E-state index in [0.29, 0.717) is 18.4 Å². The molecule has 0 saturated heterocycles. The zero-order valence-electron chi connectivity index (χ0n) is 9.63. The molecule has 1 heterocycles. The van der Waals surface area contributed by atoms with Crippen LogP contribution in [0.2, 0.25) is 0 Å². The van der Waals surface area contributed by atoms with Crippen molar-refractivity contribution in [1.29, 1.82) is 0 Å². The number of nitrogens with zero attached hydrogens (tertiary/aromatic N) is 2. The van der Waals surface area contributed by atoms with E-state index < -0.39 is 0 Å². The third-order valence-electron chi connectivity index (χ3n) is 2.60. The van der Waals surface area contributed by atoms with Crippen molar-refractivity contribution in [3.63, 3.8) is 0 Å². The van der Waals surface area contributed by atoms with Gasteiger partial charge < -0.3 is 5.11 Å². The van der Waals surface area contributed by atoms with Gasteiger partial charge in [0.25, 0.3) is 0 Å². The lowest BCUT2D eigenvalue weighted by Crippen LogP contribution is -2.01. The van der Waals surface area contributed by atoms with E-state index in [0.717, 1.165) is 5.56 Å². The van der Waals surface area contributed by atoms with Gasteiger partial charge in [0.15, 0.2) is 5.78 Å². The molecular formula is C13H14N2O2. The van der Waals surface area contributed by atoms with Gasteiger partial charge in [-0.1, -0.05) is 12.1 Å². The van der Waals surface area contributed by atoms with Crippen molar-refractivity contribution >= 4 is 5.78 Å². The van der Waals surface area contributed by atoms with Gasteiger partial charge in [0.2, 0.25) is 0 Å². The van der Waals surface area contributed by atoms with Crippen LogP contribution < -0.4 is 0 Å². The monoisotopic (exact) mass is 230 g/mol. The molecule has 0 atom stereocenters. The number of phenolic OH excluding ortho intramolecular Hbond substituents is 1. The highest BCUT2D eigenvalue weighted by Gasteiger charge is 2.10. The second kappa shape index (κ2) is 4.82. The fraction of sp³-hybridized carbons (Fsp3) is 0.231. The maximum absolute atomic E-state index is 11.9. The molecule has 4 heteroatoms. The molecular weight excluding hydrogens is 216 g/mol. The minimum Gasteiger partial charge on any atom is -0.507 e. The number of aromatic nitrogens is 2. The van der Waals surface area contributed by atoms with Crippen molar-refractivity contribution in [1.82, 2.24) is 9.78 Å². The fourth-order valence-electron chi connectivity index (χ4n) is 1.70. The summed E-state index contributed by atoms with van der Waals surface area (Å²) < 4.78 is 1.71. The number of phenols is 1. The van der Waals surface area contributed by atoms with Crippen molar-refractivity contribution in [3.05, 3.63) is 47.8 Å². The zero-order chi connectivity index (χ0) is 12.3. The standard InChI is InChI=1S/C13H14N2O2/c1-15-9-10(8-14-15)6-7-13(17)11-4-2-3-5-12(11)16/h2-5,8-9,16H,6-7H2,1H3. The first kappa shape index (κ1) is 11.4. The highest BCUT2D eigenvalue weighted by Crippen LogP contribution is 2.18. The average molecular weight is 230 g/mol. The van der Waals surface area contributed by atoms with Crippen molar-refractivity contribution in [3.8, 4) is 5.75 Å². The Labute approximate surface area is 99.5 Å². The number of aryl methyl sites for hydroxylation is 2. The van der Waals surface area contributed by atoms with Crippen LogP contribution in [0.5, 0.6) is 5.75 Å². The van der Waals surface area contributed by atoms with Gasteiger partial charge in [0.05, 0.1) is 11.8 Å². The number of carbonyl (C=O) groups is 1. The molecule has 2 rings (SSSR count). The summed E-state index contributed by atoms with van der Waals surface area (Å²) in [5.41, 5.74) is 1.41. The number of hydrogen-bond acceptors (Lipinski definition) is 3. The number of para-hydroxylation sites is 1. The van der Waals surface area contributed by atoms with Crippen LogP contribution in [-0.4, -0.2) is 20.7 Å². The lowest BCUT2D eigenvalue weighted by molar-refractivity contribution is 0.0980. The summed E-state index contributed by atoms with van der Waals surface area (Å²) in [5.74, 6) is -0.00404. The molecule has 2 aromatic rings. The molecule has 0 aliphatic carbocycles. The van der Waals surface area contributed by atoms with Crippen LogP contribution in [0, 0.1) is 0 Å². The maximum Gasteiger partial charge on any atom is 0.166 e. The van der Waals surface area contributed by atoms with Gasteiger partial charge >= 0.3 is 0 Å². The topological polar surface area (TPSA) is 55.1 Å². The Morgan fingerprint density at radius 1 is 1.41 bits per heavy atom. The van der Waals surface area contributed by atoms with E-state index in [1.807, 2.05) is 13.2 Å². The number of aromatic hydroxyl groups is 1. The average Bonchev–Trinajstić information content (AvgIpc) is 2.73. The SMILES string of the molecule is Cn1cc(CCC(=O)c2ccccc2O)cn1. The van der Waals surface area contributed by atoms with Crippen LogP contribution in [-0.2, 0) is 13.5 Å². The molecule has 0 unspecified atom stereocenters. The summed E-state index contributed by atoms with van der Waals surface area (Å²) in [5, 5.41) is 13.6. The van der Waals surface area contributed by atoms with E-state index in [1.54, 1.807) is 29.1 Å². The van der Waals surface area contributed by atoms with Gasteiger partial charge in [-0.05, 0) is 24.1 Å². The Morgan fingerprint density at radius 3 is 2.82 bits per heavy atom. The number of benzene rings is 1. The van der Waals surface area contributed by atoms with Crippen LogP contribution in [0.1, 0.15) is 22.3 Å².